The maximum atomic E-state index is 14.1. The van der Waals surface area contributed by atoms with Crippen LogP contribution in [-0.4, -0.2) is 137 Å². The summed E-state index contributed by atoms with van der Waals surface area (Å²) in [5.41, 5.74) is -3.45. The Kier molecular flexibility index (Phi) is 12.8. The van der Waals surface area contributed by atoms with Crippen LogP contribution in [0.25, 0.3) is 0 Å². The number of rotatable bonds is 7. The Labute approximate surface area is 298 Å². The summed E-state index contributed by atoms with van der Waals surface area (Å²) in [7, 11) is 5.34. The predicted molar refractivity (Wildman–Crippen MR) is 184 cm³/mol. The first-order chi connectivity index (χ1) is 23.1. The van der Waals surface area contributed by atoms with Gasteiger partial charge in [-0.1, -0.05) is 20.8 Å². The van der Waals surface area contributed by atoms with E-state index < -0.39 is 89.9 Å². The van der Waals surface area contributed by atoms with Gasteiger partial charge >= 0.3 is 5.97 Å². The molecule has 50 heavy (non-hydrogen) atoms. The minimum atomic E-state index is -1.84. The third kappa shape index (κ3) is 7.93. The number of aliphatic hydroxyl groups excluding tert-OH is 3. The van der Waals surface area contributed by atoms with Crippen LogP contribution in [0.1, 0.15) is 94.9 Å². The van der Waals surface area contributed by atoms with Gasteiger partial charge in [0.05, 0.1) is 29.8 Å². The number of likely N-dealkylation sites (N-methyl/N-ethyl adjacent to an activating group) is 1. The van der Waals surface area contributed by atoms with Crippen molar-refractivity contribution in [2.24, 2.45) is 17.8 Å². The van der Waals surface area contributed by atoms with E-state index in [4.69, 9.17) is 33.2 Å². The van der Waals surface area contributed by atoms with Gasteiger partial charge in [-0.15, -0.1) is 0 Å². The van der Waals surface area contributed by atoms with Gasteiger partial charge in [-0.25, -0.2) is 0 Å². The van der Waals surface area contributed by atoms with Crippen molar-refractivity contribution in [3.05, 3.63) is 11.3 Å². The Morgan fingerprint density at radius 3 is 2.20 bits per heavy atom. The van der Waals surface area contributed by atoms with E-state index in [9.17, 15) is 25.2 Å². The van der Waals surface area contributed by atoms with Crippen LogP contribution < -0.4 is 0 Å². The van der Waals surface area contributed by atoms with Crippen molar-refractivity contribution >= 4 is 5.97 Å². The van der Waals surface area contributed by atoms with Crippen molar-refractivity contribution < 1.29 is 58.4 Å². The molecule has 0 aromatic carbocycles. The lowest BCUT2D eigenvalue weighted by Gasteiger charge is -2.48. The summed E-state index contributed by atoms with van der Waals surface area (Å²) in [6.45, 7) is 18.0. The van der Waals surface area contributed by atoms with Gasteiger partial charge in [0.15, 0.2) is 12.6 Å². The lowest BCUT2D eigenvalue weighted by atomic mass is 9.78. The first-order valence-corrected chi connectivity index (χ1v) is 18.3. The Hall–Kier alpha value is -1.39. The second kappa shape index (κ2) is 15.5. The van der Waals surface area contributed by atoms with Crippen molar-refractivity contribution in [3.63, 3.8) is 0 Å². The van der Waals surface area contributed by atoms with Crippen LogP contribution in [0.5, 0.6) is 0 Å². The van der Waals surface area contributed by atoms with Gasteiger partial charge in [-0.2, -0.15) is 0 Å². The Balaban J connectivity index is 1.86. The van der Waals surface area contributed by atoms with Crippen molar-refractivity contribution in [2.75, 3.05) is 21.2 Å². The molecule has 0 unspecified atom stereocenters. The van der Waals surface area contributed by atoms with Gasteiger partial charge in [0.1, 0.15) is 47.5 Å². The normalized spacial score (nSPS) is 51.0. The van der Waals surface area contributed by atoms with Crippen LogP contribution in [0, 0.1) is 17.8 Å². The number of allylic oxidation sites excluding steroid dienone is 1. The van der Waals surface area contributed by atoms with Crippen LogP contribution in [0.2, 0.25) is 0 Å². The van der Waals surface area contributed by atoms with Crippen molar-refractivity contribution in [1.29, 1.82) is 0 Å². The molecule has 0 aromatic heterocycles. The van der Waals surface area contributed by atoms with Gasteiger partial charge in [0, 0.05) is 31.4 Å². The molecule has 13 heteroatoms. The highest BCUT2D eigenvalue weighted by atomic mass is 16.7. The summed E-state index contributed by atoms with van der Waals surface area (Å²) in [6, 6.07) is -0.234. The van der Waals surface area contributed by atoms with E-state index in [1.165, 1.54) is 14.0 Å². The summed E-state index contributed by atoms with van der Waals surface area (Å²) in [5.74, 6) is -1.83. The zero-order valence-corrected chi connectivity index (χ0v) is 32.4. The van der Waals surface area contributed by atoms with Gasteiger partial charge in [-0.3, -0.25) is 4.79 Å². The van der Waals surface area contributed by atoms with E-state index >= 15 is 0 Å². The number of hydrogen-bond acceptors (Lipinski definition) is 13. The second-order valence-corrected chi connectivity index (χ2v) is 16.3. The third-order valence-electron chi connectivity index (χ3n) is 11.9. The molecular weight excluding hydrogens is 650 g/mol. The van der Waals surface area contributed by atoms with Crippen LogP contribution in [-0.2, 0) is 38.0 Å². The number of hydrogen-bond donors (Lipinski definition) is 4. The molecule has 0 saturated carbocycles. The molecule has 0 aliphatic carbocycles. The van der Waals surface area contributed by atoms with E-state index in [1.807, 2.05) is 46.7 Å². The number of methoxy groups -OCH3 is 1. The number of ether oxygens (including phenoxy) is 7. The molecule has 3 saturated heterocycles. The molecule has 4 rings (SSSR count). The number of esters is 1. The molecule has 0 amide bonds. The van der Waals surface area contributed by atoms with Crippen molar-refractivity contribution in [3.8, 4) is 0 Å². The van der Waals surface area contributed by atoms with Crippen LogP contribution in [0.15, 0.2) is 11.3 Å². The maximum Gasteiger partial charge on any atom is 0.311 e. The van der Waals surface area contributed by atoms with Gasteiger partial charge in [0.25, 0.3) is 0 Å². The van der Waals surface area contributed by atoms with Crippen molar-refractivity contribution in [2.45, 2.75) is 179 Å². The fourth-order valence-corrected chi connectivity index (χ4v) is 8.75. The summed E-state index contributed by atoms with van der Waals surface area (Å²) in [5, 5.41) is 45.8. The molecule has 3 fully saturated rings. The number of carbonyl (C=O) groups is 1. The number of nitrogens with zero attached hydrogens (tertiary/aromatic N) is 1. The van der Waals surface area contributed by atoms with Crippen LogP contribution >= 0.6 is 0 Å². The Morgan fingerprint density at radius 2 is 1.62 bits per heavy atom. The zero-order chi connectivity index (χ0) is 37.7. The first kappa shape index (κ1) is 41.4. The standard InChI is InChI=1S/C37H65NO12/c1-14-25-37(10,43)30(40)20(4)28-18(2)16-36(9,50-28)32(49-34-27(39)24(38(11)12)15-19(3)45-34)21(5)29(22(6)33(42)47-25)48-26-17-35(8,44-13)31(41)23(7)46-26/h18-19,21-27,29-32,34,39-41,43H,14-17H2,1-13H3/b28-20-/t18-,19-,21+,22-,23+,24+,25-,26+,27-,29+,30-,31+,32-,34+,35-,36-,37-/m1/s1. The molecule has 4 heterocycles. The SMILES string of the molecule is CC[C@H]1OC(=O)[C@H](C)[C@@H](O[C@H]2C[C@@](C)(OC)[C@@H](O)[C@H](C)O2)[C@H](C)[C@@H](O[C@@H]2O[C@H](C)C[C@H](N(C)C)[C@H]2O)[C@@]2(C)C[C@@H](C)/C(=C(\C)[C@@H](O)[C@]1(C)O)O2. The molecule has 17 atom stereocenters. The topological polar surface area (TPSA) is 166 Å². The Bertz CT molecular complexity index is 1210. The average molecular weight is 716 g/mol. The highest BCUT2D eigenvalue weighted by molar-refractivity contribution is 5.73. The highest BCUT2D eigenvalue weighted by Crippen LogP contribution is 2.48. The van der Waals surface area contributed by atoms with Crippen LogP contribution in [0.3, 0.4) is 0 Å². The monoisotopic (exact) mass is 715 g/mol. The molecule has 290 valence electrons. The van der Waals surface area contributed by atoms with E-state index in [0.717, 1.165) is 0 Å². The summed E-state index contributed by atoms with van der Waals surface area (Å²) in [6.07, 6.45) is -7.39. The average Bonchev–Trinajstić information content (AvgIpc) is 3.37. The third-order valence-corrected chi connectivity index (χ3v) is 11.9. The molecule has 0 radical (unpaired) electrons. The van der Waals surface area contributed by atoms with Crippen LogP contribution in [0.4, 0.5) is 0 Å². The number of fused-ring (bicyclic) bond motifs is 2. The van der Waals surface area contributed by atoms with Gasteiger partial charge in [-0.05, 0) is 87.4 Å². The van der Waals surface area contributed by atoms with E-state index in [1.54, 1.807) is 34.6 Å². The Morgan fingerprint density at radius 1 is 0.980 bits per heavy atom. The van der Waals surface area contributed by atoms with E-state index in [0.29, 0.717) is 24.2 Å². The number of aliphatic hydroxyl groups is 4. The van der Waals surface area contributed by atoms with E-state index in [2.05, 4.69) is 0 Å². The maximum absolute atomic E-state index is 14.1. The summed E-state index contributed by atoms with van der Waals surface area (Å²) < 4.78 is 44.6. The fourth-order valence-electron chi connectivity index (χ4n) is 8.75. The zero-order valence-electron chi connectivity index (χ0n) is 32.4. The second-order valence-electron chi connectivity index (χ2n) is 16.3. The first-order valence-electron chi connectivity index (χ1n) is 18.3. The minimum Gasteiger partial charge on any atom is -0.489 e. The molecule has 2 bridgehead atoms. The molecule has 13 nitrogen and oxygen atoms in total. The largest absolute Gasteiger partial charge is 0.489 e. The summed E-state index contributed by atoms with van der Waals surface area (Å²) >= 11 is 0. The predicted octanol–water partition coefficient (Wildman–Crippen LogP) is 2.89. The smallest absolute Gasteiger partial charge is 0.311 e. The molecule has 0 aromatic rings. The molecule has 4 aliphatic rings. The lowest BCUT2D eigenvalue weighted by molar-refractivity contribution is -0.316. The highest BCUT2D eigenvalue weighted by Gasteiger charge is 2.56. The molecule has 0 spiro atoms. The van der Waals surface area contributed by atoms with Crippen molar-refractivity contribution in [1.82, 2.24) is 4.90 Å². The minimum absolute atomic E-state index is 0.174. The fraction of sp³-hybridized carbons (Fsp3) is 0.919. The van der Waals surface area contributed by atoms with E-state index in [-0.39, 0.29) is 30.9 Å². The van der Waals surface area contributed by atoms with Gasteiger partial charge in [0.2, 0.25) is 0 Å². The lowest BCUT2D eigenvalue weighted by Crippen LogP contribution is -2.60. The molecule has 4 N–H and O–H groups in total. The molecule has 4 aliphatic heterocycles. The van der Waals surface area contributed by atoms with Gasteiger partial charge < -0.3 is 58.5 Å². The quantitative estimate of drug-likeness (QED) is 0.285. The number of cyclic esters (lactones) is 1. The number of carbonyl (C=O) groups excluding carboxylic acids is 1. The summed E-state index contributed by atoms with van der Waals surface area (Å²) in [4.78, 5) is 16.1. The molecular formula is C37H65NO12.